The summed E-state index contributed by atoms with van der Waals surface area (Å²) in [6, 6.07) is 21.4. The largest absolute Gasteiger partial charge is 0.487 e. The molecular weight excluding hydrogens is 386 g/mol. The van der Waals surface area contributed by atoms with E-state index in [1.807, 2.05) is 80.6 Å². The van der Waals surface area contributed by atoms with Gasteiger partial charge in [-0.1, -0.05) is 36.4 Å². The van der Waals surface area contributed by atoms with Crippen LogP contribution in [0.3, 0.4) is 0 Å². The number of aromatic nitrogens is 1. The first-order chi connectivity index (χ1) is 15.1. The molecule has 156 valence electrons. The summed E-state index contributed by atoms with van der Waals surface area (Å²) in [7, 11) is 0. The van der Waals surface area contributed by atoms with Crippen LogP contribution in [0, 0.1) is 25.2 Å². The lowest BCUT2D eigenvalue weighted by Gasteiger charge is -2.13. The van der Waals surface area contributed by atoms with Crippen molar-refractivity contribution in [2.45, 2.75) is 26.9 Å². The highest BCUT2D eigenvalue weighted by atomic mass is 16.5. The van der Waals surface area contributed by atoms with Crippen LogP contribution in [-0.2, 0) is 17.8 Å². The SMILES string of the molecule is Cc1cc(/C=C(\C#N)C(=O)NCCc2ccccc2)cc(C)c1OCc1ccccn1. The van der Waals surface area contributed by atoms with Gasteiger partial charge in [0.1, 0.15) is 24.0 Å². The molecule has 1 heterocycles. The highest BCUT2D eigenvalue weighted by Crippen LogP contribution is 2.26. The molecule has 0 atom stereocenters. The minimum Gasteiger partial charge on any atom is -0.487 e. The van der Waals surface area contributed by atoms with Crippen LogP contribution in [-0.4, -0.2) is 17.4 Å². The van der Waals surface area contributed by atoms with Crippen molar-refractivity contribution in [3.8, 4) is 11.8 Å². The molecule has 0 spiro atoms. The van der Waals surface area contributed by atoms with Crippen LogP contribution in [0.5, 0.6) is 5.75 Å². The standard InChI is InChI=1S/C26H25N3O2/c1-19-14-22(15-20(2)25(19)31-18-24-10-6-7-12-28-24)16-23(17-27)26(30)29-13-11-21-8-4-3-5-9-21/h3-10,12,14-16H,11,13,18H2,1-2H3,(H,29,30)/b23-16+. The maximum atomic E-state index is 12.4. The Balaban J connectivity index is 1.65. The number of pyridine rings is 1. The van der Waals surface area contributed by atoms with Crippen molar-refractivity contribution in [1.29, 1.82) is 5.26 Å². The average Bonchev–Trinajstić information content (AvgIpc) is 2.78. The Labute approximate surface area is 183 Å². The number of rotatable bonds is 8. The zero-order valence-electron chi connectivity index (χ0n) is 17.8. The zero-order valence-corrected chi connectivity index (χ0v) is 17.8. The summed E-state index contributed by atoms with van der Waals surface area (Å²) in [6.07, 6.45) is 4.06. The number of benzene rings is 2. The molecular formula is C26H25N3O2. The van der Waals surface area contributed by atoms with Crippen LogP contribution in [0.4, 0.5) is 0 Å². The molecule has 5 heteroatoms. The maximum Gasteiger partial charge on any atom is 0.261 e. The van der Waals surface area contributed by atoms with Gasteiger partial charge in [-0.25, -0.2) is 0 Å². The minimum atomic E-state index is -0.371. The van der Waals surface area contributed by atoms with Crippen LogP contribution >= 0.6 is 0 Å². The molecule has 0 aliphatic carbocycles. The van der Waals surface area contributed by atoms with Gasteiger partial charge in [0.05, 0.1) is 5.69 Å². The molecule has 0 aliphatic rings. The van der Waals surface area contributed by atoms with Crippen molar-refractivity contribution in [3.63, 3.8) is 0 Å². The van der Waals surface area contributed by atoms with E-state index < -0.39 is 0 Å². The Bertz CT molecular complexity index is 1080. The van der Waals surface area contributed by atoms with E-state index in [0.717, 1.165) is 33.7 Å². The van der Waals surface area contributed by atoms with Gasteiger partial charge in [-0.2, -0.15) is 5.26 Å². The molecule has 0 fully saturated rings. The number of aryl methyl sites for hydroxylation is 2. The number of nitrogens with one attached hydrogen (secondary N) is 1. The lowest BCUT2D eigenvalue weighted by molar-refractivity contribution is -0.117. The van der Waals surface area contributed by atoms with Gasteiger partial charge < -0.3 is 10.1 Å². The fourth-order valence-corrected chi connectivity index (χ4v) is 3.30. The van der Waals surface area contributed by atoms with Crippen molar-refractivity contribution < 1.29 is 9.53 Å². The van der Waals surface area contributed by atoms with Gasteiger partial charge in [-0.05, 0) is 72.9 Å². The van der Waals surface area contributed by atoms with Crippen LogP contribution in [0.1, 0.15) is 27.9 Å². The molecule has 0 radical (unpaired) electrons. The van der Waals surface area contributed by atoms with Crippen molar-refractivity contribution in [1.82, 2.24) is 10.3 Å². The molecule has 0 saturated carbocycles. The number of hydrogen-bond acceptors (Lipinski definition) is 4. The zero-order chi connectivity index (χ0) is 22.1. The number of ether oxygens (including phenoxy) is 1. The number of nitrogens with zero attached hydrogens (tertiary/aromatic N) is 2. The van der Waals surface area contributed by atoms with Gasteiger partial charge in [-0.15, -0.1) is 0 Å². The average molecular weight is 412 g/mol. The molecule has 2 aromatic carbocycles. The molecule has 1 amide bonds. The second kappa shape index (κ2) is 10.7. The summed E-state index contributed by atoms with van der Waals surface area (Å²) in [5, 5.41) is 12.3. The Kier molecular flexibility index (Phi) is 7.56. The third-order valence-corrected chi connectivity index (χ3v) is 4.79. The summed E-state index contributed by atoms with van der Waals surface area (Å²) in [4.78, 5) is 16.7. The quantitative estimate of drug-likeness (QED) is 0.436. The number of nitriles is 1. The monoisotopic (exact) mass is 411 g/mol. The van der Waals surface area contributed by atoms with Crippen molar-refractivity contribution in [3.05, 3.63) is 100 Å². The van der Waals surface area contributed by atoms with E-state index in [0.29, 0.717) is 19.6 Å². The minimum absolute atomic E-state index is 0.0778. The van der Waals surface area contributed by atoms with E-state index in [4.69, 9.17) is 4.74 Å². The smallest absolute Gasteiger partial charge is 0.261 e. The summed E-state index contributed by atoms with van der Waals surface area (Å²) in [5.41, 5.74) is 4.72. The van der Waals surface area contributed by atoms with Gasteiger partial charge >= 0.3 is 0 Å². The molecule has 1 N–H and O–H groups in total. The topological polar surface area (TPSA) is 75.0 Å². The van der Waals surface area contributed by atoms with E-state index in [1.54, 1.807) is 12.3 Å². The molecule has 3 rings (SSSR count). The fourth-order valence-electron chi connectivity index (χ4n) is 3.30. The fraction of sp³-hybridized carbons (Fsp3) is 0.192. The first-order valence-corrected chi connectivity index (χ1v) is 10.1. The normalized spacial score (nSPS) is 10.9. The second-order valence-electron chi connectivity index (χ2n) is 7.25. The molecule has 31 heavy (non-hydrogen) atoms. The van der Waals surface area contributed by atoms with E-state index >= 15 is 0 Å². The Morgan fingerprint density at radius 3 is 2.45 bits per heavy atom. The third-order valence-electron chi connectivity index (χ3n) is 4.79. The molecule has 5 nitrogen and oxygen atoms in total. The van der Waals surface area contributed by atoms with E-state index in [1.165, 1.54) is 0 Å². The first-order valence-electron chi connectivity index (χ1n) is 10.1. The van der Waals surface area contributed by atoms with E-state index in [9.17, 15) is 10.1 Å². The lowest BCUT2D eigenvalue weighted by atomic mass is 10.0. The Morgan fingerprint density at radius 1 is 1.10 bits per heavy atom. The molecule has 0 bridgehead atoms. The highest BCUT2D eigenvalue weighted by molar-refractivity contribution is 6.01. The summed E-state index contributed by atoms with van der Waals surface area (Å²) in [5.74, 6) is 0.415. The van der Waals surface area contributed by atoms with Crippen molar-refractivity contribution in [2.75, 3.05) is 6.54 Å². The van der Waals surface area contributed by atoms with Gasteiger partial charge in [0.15, 0.2) is 0 Å². The van der Waals surface area contributed by atoms with Crippen LogP contribution in [0.2, 0.25) is 0 Å². The van der Waals surface area contributed by atoms with Gasteiger partial charge in [-0.3, -0.25) is 9.78 Å². The van der Waals surface area contributed by atoms with Gasteiger partial charge in [0.2, 0.25) is 0 Å². The molecule has 0 saturated heterocycles. The van der Waals surface area contributed by atoms with Crippen molar-refractivity contribution in [2.24, 2.45) is 0 Å². The van der Waals surface area contributed by atoms with Crippen LogP contribution in [0.15, 0.2) is 72.4 Å². The summed E-state index contributed by atoms with van der Waals surface area (Å²) in [6.45, 7) is 4.75. The van der Waals surface area contributed by atoms with Crippen LogP contribution in [0.25, 0.3) is 6.08 Å². The summed E-state index contributed by atoms with van der Waals surface area (Å²) < 4.78 is 5.96. The highest BCUT2D eigenvalue weighted by Gasteiger charge is 2.11. The Morgan fingerprint density at radius 2 is 1.81 bits per heavy atom. The number of carbonyl (C=O) groups is 1. The lowest BCUT2D eigenvalue weighted by Crippen LogP contribution is -2.26. The Hall–Kier alpha value is -3.91. The van der Waals surface area contributed by atoms with Gasteiger partial charge in [0, 0.05) is 12.7 Å². The molecule has 0 unspecified atom stereocenters. The molecule has 0 aliphatic heterocycles. The molecule has 1 aromatic heterocycles. The van der Waals surface area contributed by atoms with E-state index in [-0.39, 0.29) is 11.5 Å². The number of carbonyl (C=O) groups excluding carboxylic acids is 1. The van der Waals surface area contributed by atoms with E-state index in [2.05, 4.69) is 10.3 Å². The predicted octanol–water partition coefficient (Wildman–Crippen LogP) is 4.54. The maximum absolute atomic E-state index is 12.4. The van der Waals surface area contributed by atoms with Crippen LogP contribution < -0.4 is 10.1 Å². The van der Waals surface area contributed by atoms with Gasteiger partial charge in [0.25, 0.3) is 5.91 Å². The third kappa shape index (κ3) is 6.28. The second-order valence-corrected chi connectivity index (χ2v) is 7.25. The molecule has 3 aromatic rings. The van der Waals surface area contributed by atoms with Crippen molar-refractivity contribution >= 4 is 12.0 Å². The summed E-state index contributed by atoms with van der Waals surface area (Å²) >= 11 is 0. The first kappa shape index (κ1) is 21.8. The number of hydrogen-bond donors (Lipinski definition) is 1. The predicted molar refractivity (Wildman–Crippen MR) is 121 cm³/mol. The number of amides is 1.